The molecule has 0 saturated heterocycles. The molecule has 0 atom stereocenters. The van der Waals surface area contributed by atoms with Crippen molar-refractivity contribution in [1.82, 2.24) is 4.98 Å². The Balaban J connectivity index is 2.15. The molecule has 0 bridgehead atoms. The van der Waals surface area contributed by atoms with Gasteiger partial charge in [-0.05, 0) is 18.2 Å². The van der Waals surface area contributed by atoms with E-state index in [-0.39, 0.29) is 0 Å². The molecule has 2 rings (SSSR count). The van der Waals surface area contributed by atoms with Crippen molar-refractivity contribution in [1.29, 1.82) is 5.26 Å². The molecule has 0 aliphatic heterocycles. The van der Waals surface area contributed by atoms with Gasteiger partial charge in [0.2, 0.25) is 0 Å². The highest BCUT2D eigenvalue weighted by Gasteiger charge is 2.10. The number of hydrogen-bond donors (Lipinski definition) is 1. The fourth-order valence-corrected chi connectivity index (χ4v) is 2.32. The van der Waals surface area contributed by atoms with Crippen molar-refractivity contribution in [3.05, 3.63) is 41.0 Å². The Morgan fingerprint density at radius 3 is 2.94 bits per heavy atom. The van der Waals surface area contributed by atoms with E-state index in [9.17, 15) is 0 Å². The van der Waals surface area contributed by atoms with E-state index < -0.39 is 0 Å². The van der Waals surface area contributed by atoms with Crippen molar-refractivity contribution in [2.24, 2.45) is 0 Å². The first kappa shape index (κ1) is 11.4. The molecule has 0 fully saturated rings. The summed E-state index contributed by atoms with van der Waals surface area (Å²) in [7, 11) is 1.96. The van der Waals surface area contributed by atoms with Crippen molar-refractivity contribution in [2.45, 2.75) is 6.54 Å². The van der Waals surface area contributed by atoms with Gasteiger partial charge in [0.15, 0.2) is 0 Å². The Labute approximate surface area is 104 Å². The standard InChI is InChI=1S/C12H12N4S/c1-16(8-9-4-2-3-5-15-9)12-6-10(14)11(7-13)17-12/h2-6H,8,14H2,1H3. The average Bonchev–Trinajstić information content (AvgIpc) is 2.72. The van der Waals surface area contributed by atoms with Gasteiger partial charge in [0.05, 0.1) is 22.9 Å². The monoisotopic (exact) mass is 244 g/mol. The van der Waals surface area contributed by atoms with Crippen molar-refractivity contribution in [3.8, 4) is 6.07 Å². The molecule has 17 heavy (non-hydrogen) atoms. The van der Waals surface area contributed by atoms with Crippen molar-refractivity contribution in [3.63, 3.8) is 0 Å². The summed E-state index contributed by atoms with van der Waals surface area (Å²) in [4.78, 5) is 6.86. The highest BCUT2D eigenvalue weighted by atomic mass is 32.1. The van der Waals surface area contributed by atoms with Crippen molar-refractivity contribution >= 4 is 22.0 Å². The maximum absolute atomic E-state index is 8.85. The first-order valence-electron chi connectivity index (χ1n) is 5.11. The number of aromatic nitrogens is 1. The molecule has 0 unspecified atom stereocenters. The van der Waals surface area contributed by atoms with Gasteiger partial charge in [0.25, 0.3) is 0 Å². The third kappa shape index (κ3) is 2.55. The van der Waals surface area contributed by atoms with Crippen LogP contribution in [0.2, 0.25) is 0 Å². The second kappa shape index (κ2) is 4.85. The third-order valence-electron chi connectivity index (χ3n) is 2.35. The summed E-state index contributed by atoms with van der Waals surface area (Å²) in [5, 5.41) is 9.83. The Bertz CT molecular complexity index is 541. The van der Waals surface area contributed by atoms with Gasteiger partial charge in [-0.15, -0.1) is 11.3 Å². The van der Waals surface area contributed by atoms with E-state index in [2.05, 4.69) is 11.1 Å². The van der Waals surface area contributed by atoms with Crippen LogP contribution in [0.5, 0.6) is 0 Å². The Morgan fingerprint density at radius 1 is 1.53 bits per heavy atom. The Kier molecular flexibility index (Phi) is 3.26. The third-order valence-corrected chi connectivity index (χ3v) is 3.52. The summed E-state index contributed by atoms with van der Waals surface area (Å²) in [6.07, 6.45) is 1.77. The number of pyridine rings is 1. The summed E-state index contributed by atoms with van der Waals surface area (Å²) in [5.74, 6) is 0. The van der Waals surface area contributed by atoms with Crippen LogP contribution in [-0.2, 0) is 6.54 Å². The van der Waals surface area contributed by atoms with E-state index in [0.717, 1.165) is 10.7 Å². The van der Waals surface area contributed by atoms with E-state index >= 15 is 0 Å². The number of rotatable bonds is 3. The molecule has 0 amide bonds. The van der Waals surface area contributed by atoms with E-state index in [1.807, 2.05) is 36.2 Å². The summed E-state index contributed by atoms with van der Waals surface area (Å²) in [6, 6.07) is 9.73. The van der Waals surface area contributed by atoms with Gasteiger partial charge < -0.3 is 10.6 Å². The first-order valence-corrected chi connectivity index (χ1v) is 5.93. The highest BCUT2D eigenvalue weighted by Crippen LogP contribution is 2.31. The quantitative estimate of drug-likeness (QED) is 0.899. The molecule has 2 aromatic rings. The highest BCUT2D eigenvalue weighted by molar-refractivity contribution is 7.17. The van der Waals surface area contributed by atoms with Gasteiger partial charge in [-0.25, -0.2) is 0 Å². The fraction of sp³-hybridized carbons (Fsp3) is 0.167. The molecule has 2 heterocycles. The summed E-state index contributed by atoms with van der Waals surface area (Å²) in [6.45, 7) is 0.700. The SMILES string of the molecule is CN(Cc1ccccn1)c1cc(N)c(C#N)s1. The topological polar surface area (TPSA) is 65.9 Å². The molecule has 2 aromatic heterocycles. The minimum absolute atomic E-state index is 0.542. The normalized spacial score (nSPS) is 9.88. The van der Waals surface area contributed by atoms with Gasteiger partial charge in [0, 0.05) is 13.2 Å². The van der Waals surface area contributed by atoms with Gasteiger partial charge >= 0.3 is 0 Å². The fourth-order valence-electron chi connectivity index (χ4n) is 1.48. The van der Waals surface area contributed by atoms with Crippen LogP contribution in [-0.4, -0.2) is 12.0 Å². The van der Waals surface area contributed by atoms with Crippen molar-refractivity contribution in [2.75, 3.05) is 17.7 Å². The minimum atomic E-state index is 0.542. The zero-order valence-corrected chi connectivity index (χ0v) is 10.2. The van der Waals surface area contributed by atoms with Crippen LogP contribution >= 0.6 is 11.3 Å². The zero-order valence-electron chi connectivity index (χ0n) is 9.42. The minimum Gasteiger partial charge on any atom is -0.397 e. The lowest BCUT2D eigenvalue weighted by Gasteiger charge is -2.15. The van der Waals surface area contributed by atoms with Crippen LogP contribution in [0, 0.1) is 11.3 Å². The zero-order chi connectivity index (χ0) is 12.3. The molecule has 0 spiro atoms. The largest absolute Gasteiger partial charge is 0.397 e. The Morgan fingerprint density at radius 2 is 2.35 bits per heavy atom. The molecule has 0 aliphatic rings. The number of hydrogen-bond acceptors (Lipinski definition) is 5. The van der Waals surface area contributed by atoms with E-state index in [1.54, 1.807) is 6.20 Å². The molecule has 4 nitrogen and oxygen atoms in total. The smallest absolute Gasteiger partial charge is 0.129 e. The van der Waals surface area contributed by atoms with E-state index in [4.69, 9.17) is 11.0 Å². The van der Waals surface area contributed by atoms with Crippen LogP contribution in [0.4, 0.5) is 10.7 Å². The number of nitrogens with two attached hydrogens (primary N) is 1. The number of nitriles is 1. The second-order valence-electron chi connectivity index (χ2n) is 3.66. The molecule has 86 valence electrons. The maximum Gasteiger partial charge on any atom is 0.129 e. The molecule has 2 N–H and O–H groups in total. The van der Waals surface area contributed by atoms with E-state index in [1.165, 1.54) is 11.3 Å². The lowest BCUT2D eigenvalue weighted by atomic mass is 10.3. The van der Waals surface area contributed by atoms with Crippen LogP contribution in [0.3, 0.4) is 0 Å². The predicted molar refractivity (Wildman–Crippen MR) is 69.8 cm³/mol. The summed E-state index contributed by atoms with van der Waals surface area (Å²) in [5.41, 5.74) is 7.26. The maximum atomic E-state index is 8.85. The van der Waals surface area contributed by atoms with Gasteiger partial charge in [-0.3, -0.25) is 4.98 Å². The van der Waals surface area contributed by atoms with Crippen LogP contribution in [0.15, 0.2) is 30.5 Å². The lowest BCUT2D eigenvalue weighted by molar-refractivity contribution is 0.894. The van der Waals surface area contributed by atoms with Gasteiger partial charge in [0.1, 0.15) is 10.9 Å². The molecule has 0 aromatic carbocycles. The second-order valence-corrected chi connectivity index (χ2v) is 4.69. The molecule has 5 heteroatoms. The van der Waals surface area contributed by atoms with Crippen LogP contribution < -0.4 is 10.6 Å². The summed E-state index contributed by atoms with van der Waals surface area (Å²) < 4.78 is 0. The Hall–Kier alpha value is -2.06. The number of nitrogens with zero attached hydrogens (tertiary/aromatic N) is 3. The van der Waals surface area contributed by atoms with E-state index in [0.29, 0.717) is 17.1 Å². The predicted octanol–water partition coefficient (Wildman–Crippen LogP) is 2.23. The number of thiophene rings is 1. The molecule has 0 saturated carbocycles. The van der Waals surface area contributed by atoms with Gasteiger partial charge in [-0.1, -0.05) is 6.07 Å². The lowest BCUT2D eigenvalue weighted by Crippen LogP contribution is -2.15. The molecule has 0 radical (unpaired) electrons. The van der Waals surface area contributed by atoms with Gasteiger partial charge in [-0.2, -0.15) is 5.26 Å². The van der Waals surface area contributed by atoms with Crippen LogP contribution in [0.25, 0.3) is 0 Å². The summed E-state index contributed by atoms with van der Waals surface area (Å²) >= 11 is 1.40. The molecular weight excluding hydrogens is 232 g/mol. The average molecular weight is 244 g/mol. The first-order chi connectivity index (χ1) is 8.20. The number of anilines is 2. The van der Waals surface area contributed by atoms with Crippen LogP contribution in [0.1, 0.15) is 10.6 Å². The van der Waals surface area contributed by atoms with Crippen molar-refractivity contribution < 1.29 is 0 Å². The number of nitrogen functional groups attached to an aromatic ring is 1. The molecular formula is C12H12N4S. The molecule has 0 aliphatic carbocycles.